The van der Waals surface area contributed by atoms with Crippen molar-refractivity contribution < 1.29 is 0 Å². The van der Waals surface area contributed by atoms with E-state index < -0.39 is 0 Å². The lowest BCUT2D eigenvalue weighted by Crippen LogP contribution is -2.40. The van der Waals surface area contributed by atoms with Crippen molar-refractivity contribution >= 4 is 6.21 Å². The first kappa shape index (κ1) is 13.5. The van der Waals surface area contributed by atoms with Crippen molar-refractivity contribution in [2.24, 2.45) is 16.5 Å². The Morgan fingerprint density at radius 2 is 1.93 bits per heavy atom. The van der Waals surface area contributed by atoms with Gasteiger partial charge in [-0.1, -0.05) is 0 Å². The van der Waals surface area contributed by atoms with Crippen LogP contribution in [0.3, 0.4) is 0 Å². The van der Waals surface area contributed by atoms with Crippen molar-refractivity contribution in [3.8, 4) is 0 Å². The van der Waals surface area contributed by atoms with Crippen LogP contribution in [0.25, 0.3) is 0 Å². The number of aliphatic imine (C=N–C) groups is 1. The SMILES string of the molecule is CC(C)(N)CN.CC1N=CC(C)(C)N1. The molecule has 84 valence electrons. The zero-order valence-electron chi connectivity index (χ0n) is 9.96. The molecule has 0 bridgehead atoms. The van der Waals surface area contributed by atoms with Gasteiger partial charge in [0.25, 0.3) is 0 Å². The lowest BCUT2D eigenvalue weighted by atomic mass is 10.1. The molecule has 0 aliphatic carbocycles. The van der Waals surface area contributed by atoms with E-state index in [4.69, 9.17) is 11.5 Å². The number of hydrogen-bond donors (Lipinski definition) is 3. The Hall–Kier alpha value is -0.450. The van der Waals surface area contributed by atoms with Crippen molar-refractivity contribution in [1.29, 1.82) is 0 Å². The molecule has 0 radical (unpaired) electrons. The fourth-order valence-electron chi connectivity index (χ4n) is 0.911. The Morgan fingerprint density at radius 3 is 2.00 bits per heavy atom. The summed E-state index contributed by atoms with van der Waals surface area (Å²) >= 11 is 0. The number of nitrogens with zero attached hydrogens (tertiary/aromatic N) is 1. The molecule has 1 heterocycles. The van der Waals surface area contributed by atoms with Crippen molar-refractivity contribution in [3.63, 3.8) is 0 Å². The molecule has 1 aliphatic heterocycles. The molecule has 1 atom stereocenters. The Kier molecular flexibility index (Phi) is 4.71. The summed E-state index contributed by atoms with van der Waals surface area (Å²) in [6.45, 7) is 10.6. The summed E-state index contributed by atoms with van der Waals surface area (Å²) in [5, 5.41) is 3.27. The molecule has 1 aliphatic rings. The Labute approximate surface area is 87.1 Å². The quantitative estimate of drug-likeness (QED) is 0.576. The van der Waals surface area contributed by atoms with Crippen molar-refractivity contribution in [2.75, 3.05) is 6.54 Å². The van der Waals surface area contributed by atoms with Crippen LogP contribution < -0.4 is 16.8 Å². The van der Waals surface area contributed by atoms with Gasteiger partial charge in [0.05, 0.1) is 6.17 Å². The van der Waals surface area contributed by atoms with E-state index >= 15 is 0 Å². The Morgan fingerprint density at radius 1 is 1.50 bits per heavy atom. The first-order valence-electron chi connectivity index (χ1n) is 4.97. The largest absolute Gasteiger partial charge is 0.329 e. The maximum atomic E-state index is 5.41. The Bertz CT molecular complexity index is 191. The highest BCUT2D eigenvalue weighted by atomic mass is 15.2. The van der Waals surface area contributed by atoms with E-state index in [9.17, 15) is 0 Å². The summed E-state index contributed by atoms with van der Waals surface area (Å²) in [7, 11) is 0. The molecule has 0 spiro atoms. The fourth-order valence-corrected chi connectivity index (χ4v) is 0.911. The van der Waals surface area contributed by atoms with Gasteiger partial charge in [-0.3, -0.25) is 10.3 Å². The molecule has 0 aromatic heterocycles. The molecule has 0 aromatic carbocycles. The van der Waals surface area contributed by atoms with E-state index in [0.29, 0.717) is 12.7 Å². The third-order valence-corrected chi connectivity index (χ3v) is 1.73. The molecule has 0 saturated heterocycles. The topological polar surface area (TPSA) is 76.4 Å². The standard InChI is InChI=1S/C6H12N2.C4H12N2/c1-5-7-4-6(2,3)8-5;1-4(2,6)3-5/h4-5,8H,1-3H3;3,5-6H2,1-2H3. The van der Waals surface area contributed by atoms with E-state index in [1.165, 1.54) is 0 Å². The molecule has 4 heteroatoms. The summed E-state index contributed by atoms with van der Waals surface area (Å²) in [5.41, 5.74) is 10.5. The van der Waals surface area contributed by atoms with Gasteiger partial charge in [-0.05, 0) is 34.6 Å². The van der Waals surface area contributed by atoms with Gasteiger partial charge in [-0.25, -0.2) is 0 Å². The molecule has 4 nitrogen and oxygen atoms in total. The zero-order chi connectivity index (χ0) is 11.4. The minimum Gasteiger partial charge on any atom is -0.329 e. The number of rotatable bonds is 1. The molecular formula is C10H24N4. The maximum absolute atomic E-state index is 5.41. The van der Waals surface area contributed by atoms with Crippen molar-refractivity contribution in [3.05, 3.63) is 0 Å². The van der Waals surface area contributed by atoms with Crippen LogP contribution >= 0.6 is 0 Å². The van der Waals surface area contributed by atoms with E-state index in [1.54, 1.807) is 0 Å². The summed E-state index contributed by atoms with van der Waals surface area (Å²) in [6.07, 6.45) is 2.27. The van der Waals surface area contributed by atoms with E-state index in [1.807, 2.05) is 27.0 Å². The predicted octanol–water partition coefficient (Wildman–Crippen LogP) is 0.467. The molecule has 14 heavy (non-hydrogen) atoms. The molecule has 1 unspecified atom stereocenters. The highest BCUT2D eigenvalue weighted by molar-refractivity contribution is 5.71. The van der Waals surface area contributed by atoms with Gasteiger partial charge in [0.2, 0.25) is 0 Å². The lowest BCUT2D eigenvalue weighted by molar-refractivity contribution is 0.489. The van der Waals surface area contributed by atoms with Gasteiger partial charge < -0.3 is 11.5 Å². The monoisotopic (exact) mass is 200 g/mol. The van der Waals surface area contributed by atoms with Crippen LogP contribution in [0.1, 0.15) is 34.6 Å². The van der Waals surface area contributed by atoms with Crippen LogP contribution in [-0.4, -0.2) is 30.0 Å². The Balaban J connectivity index is 0.000000255. The third kappa shape index (κ3) is 7.00. The van der Waals surface area contributed by atoms with Crippen LogP contribution in [0.2, 0.25) is 0 Å². The van der Waals surface area contributed by atoms with Crippen molar-refractivity contribution in [1.82, 2.24) is 5.32 Å². The maximum Gasteiger partial charge on any atom is 0.0969 e. The van der Waals surface area contributed by atoms with Gasteiger partial charge in [0.1, 0.15) is 0 Å². The van der Waals surface area contributed by atoms with E-state index in [2.05, 4.69) is 24.2 Å². The highest BCUT2D eigenvalue weighted by Gasteiger charge is 2.21. The minimum atomic E-state index is -0.181. The average molecular weight is 200 g/mol. The van der Waals surface area contributed by atoms with Crippen LogP contribution in [0.5, 0.6) is 0 Å². The second-order valence-electron chi connectivity index (χ2n) is 5.01. The third-order valence-electron chi connectivity index (χ3n) is 1.73. The molecule has 5 N–H and O–H groups in total. The normalized spacial score (nSPS) is 24.4. The number of nitrogens with two attached hydrogens (primary N) is 2. The summed E-state index contributed by atoms with van der Waals surface area (Å²) in [4.78, 5) is 4.15. The smallest absolute Gasteiger partial charge is 0.0969 e. The molecule has 0 fully saturated rings. The molecule has 0 saturated carbocycles. The van der Waals surface area contributed by atoms with Crippen LogP contribution in [0.4, 0.5) is 0 Å². The summed E-state index contributed by atoms with van der Waals surface area (Å²) < 4.78 is 0. The van der Waals surface area contributed by atoms with Gasteiger partial charge in [-0.2, -0.15) is 0 Å². The summed E-state index contributed by atoms with van der Waals surface area (Å²) in [5.74, 6) is 0. The second kappa shape index (κ2) is 4.87. The van der Waals surface area contributed by atoms with Gasteiger partial charge in [0, 0.05) is 23.8 Å². The van der Waals surface area contributed by atoms with Gasteiger partial charge >= 0.3 is 0 Å². The zero-order valence-corrected chi connectivity index (χ0v) is 9.96. The molecule has 1 rings (SSSR count). The molecular weight excluding hydrogens is 176 g/mol. The van der Waals surface area contributed by atoms with Crippen LogP contribution in [0, 0.1) is 0 Å². The van der Waals surface area contributed by atoms with Gasteiger partial charge in [-0.15, -0.1) is 0 Å². The first-order chi connectivity index (χ1) is 6.16. The van der Waals surface area contributed by atoms with E-state index in [0.717, 1.165) is 0 Å². The number of hydrogen-bond acceptors (Lipinski definition) is 4. The first-order valence-corrected chi connectivity index (χ1v) is 4.97. The molecule has 0 amide bonds. The van der Waals surface area contributed by atoms with Crippen LogP contribution in [0.15, 0.2) is 4.99 Å². The fraction of sp³-hybridized carbons (Fsp3) is 0.900. The predicted molar refractivity (Wildman–Crippen MR) is 62.5 cm³/mol. The van der Waals surface area contributed by atoms with Crippen LogP contribution in [-0.2, 0) is 0 Å². The second-order valence-corrected chi connectivity index (χ2v) is 5.01. The minimum absolute atomic E-state index is 0.124. The number of nitrogens with one attached hydrogen (secondary N) is 1. The molecule has 0 aromatic rings. The highest BCUT2D eigenvalue weighted by Crippen LogP contribution is 2.06. The van der Waals surface area contributed by atoms with Gasteiger partial charge in [0.15, 0.2) is 0 Å². The summed E-state index contributed by atoms with van der Waals surface area (Å²) in [6, 6.07) is 0. The van der Waals surface area contributed by atoms with E-state index in [-0.39, 0.29) is 11.1 Å². The average Bonchev–Trinajstić information content (AvgIpc) is 2.29. The lowest BCUT2D eigenvalue weighted by Gasteiger charge is -2.15. The van der Waals surface area contributed by atoms with Crippen molar-refractivity contribution in [2.45, 2.75) is 51.9 Å².